The zero-order chi connectivity index (χ0) is 28.9. The van der Waals surface area contributed by atoms with Gasteiger partial charge >= 0.3 is 6.18 Å². The summed E-state index contributed by atoms with van der Waals surface area (Å²) in [6, 6.07) is 18.0. The molecule has 0 atom stereocenters. The Labute approximate surface area is 234 Å². The summed E-state index contributed by atoms with van der Waals surface area (Å²) < 4.78 is 44.2. The first-order valence-corrected chi connectivity index (χ1v) is 14.0. The van der Waals surface area contributed by atoms with Crippen LogP contribution < -0.4 is 4.74 Å². The Morgan fingerprint density at radius 1 is 0.875 bits per heavy atom. The van der Waals surface area contributed by atoms with Crippen molar-refractivity contribution in [2.24, 2.45) is 0 Å². The van der Waals surface area contributed by atoms with Crippen molar-refractivity contribution in [3.63, 3.8) is 0 Å². The molecule has 6 heteroatoms. The molecule has 4 rings (SSSR count). The van der Waals surface area contributed by atoms with E-state index in [1.807, 2.05) is 18.2 Å². The number of ether oxygens (including phenoxy) is 1. The maximum atomic E-state index is 13.0. The molecule has 0 saturated carbocycles. The molecule has 2 radical (unpaired) electrons. The molecule has 3 nitrogen and oxygen atoms in total. The number of Topliss-reactive ketones (excluding diaryl/α,β-unsaturated/α-hetero) is 1. The number of carbonyl (C=O) groups excluding carboxylic acids is 1. The van der Waals surface area contributed by atoms with Gasteiger partial charge in [0.2, 0.25) is 0 Å². The van der Waals surface area contributed by atoms with Crippen LogP contribution in [0.5, 0.6) is 5.75 Å². The van der Waals surface area contributed by atoms with Crippen molar-refractivity contribution in [3.05, 3.63) is 95.5 Å². The fourth-order valence-corrected chi connectivity index (χ4v) is 5.49. The lowest BCUT2D eigenvalue weighted by molar-refractivity contribution is -0.137. The Bertz CT molecular complexity index is 1430. The van der Waals surface area contributed by atoms with Crippen LogP contribution in [-0.2, 0) is 18.0 Å². The van der Waals surface area contributed by atoms with Crippen LogP contribution in [0.1, 0.15) is 80.6 Å². The van der Waals surface area contributed by atoms with E-state index in [9.17, 15) is 18.0 Å². The second-order valence-electron chi connectivity index (χ2n) is 10.0. The van der Waals surface area contributed by atoms with E-state index in [1.165, 1.54) is 23.4 Å². The third kappa shape index (κ3) is 6.11. The fourth-order valence-electron chi connectivity index (χ4n) is 5.49. The second kappa shape index (κ2) is 12.3. The summed E-state index contributed by atoms with van der Waals surface area (Å²) in [5.74, 6) is 0.598. The van der Waals surface area contributed by atoms with E-state index in [0.29, 0.717) is 16.9 Å². The number of aromatic amines is 1. The zero-order valence-corrected chi connectivity index (χ0v) is 23.5. The van der Waals surface area contributed by atoms with Gasteiger partial charge in [0, 0.05) is 34.0 Å². The predicted molar refractivity (Wildman–Crippen MR) is 155 cm³/mol. The molecule has 0 fully saturated rings. The highest BCUT2D eigenvalue weighted by Crippen LogP contribution is 2.40. The topological polar surface area (TPSA) is 42.1 Å². The van der Waals surface area contributed by atoms with Crippen LogP contribution in [-0.4, -0.2) is 17.4 Å². The number of rotatable bonds is 12. The lowest BCUT2D eigenvalue weighted by atomic mass is 9.74. The minimum atomic E-state index is -4.36. The summed E-state index contributed by atoms with van der Waals surface area (Å²) in [7, 11) is 0. The van der Waals surface area contributed by atoms with Crippen molar-refractivity contribution in [2.75, 3.05) is 6.61 Å². The predicted octanol–water partition coefficient (Wildman–Crippen LogP) is 9.62. The summed E-state index contributed by atoms with van der Waals surface area (Å²) in [4.78, 5) is 16.6. The maximum Gasteiger partial charge on any atom is 0.416 e. The monoisotopic (exact) mass is 547 g/mol. The number of alkyl halides is 3. The highest BCUT2D eigenvalue weighted by atomic mass is 19.4. The van der Waals surface area contributed by atoms with Crippen molar-refractivity contribution in [3.8, 4) is 16.9 Å². The number of fused-ring (bicyclic) bond motifs is 1. The van der Waals surface area contributed by atoms with Crippen LogP contribution in [0.25, 0.3) is 22.0 Å². The minimum absolute atomic E-state index is 0.00130. The first-order chi connectivity index (χ1) is 19.2. The number of nitrogens with one attached hydrogen (secondary N) is 1. The number of aryl methyl sites for hydroxylation is 1. The van der Waals surface area contributed by atoms with E-state index in [-0.39, 0.29) is 24.2 Å². The molecular weight excluding hydrogens is 511 g/mol. The zero-order valence-electron chi connectivity index (χ0n) is 23.5. The Kier molecular flexibility index (Phi) is 9.07. The molecule has 0 saturated heterocycles. The lowest BCUT2D eigenvalue weighted by Crippen LogP contribution is -2.26. The second-order valence-corrected chi connectivity index (χ2v) is 10.0. The average Bonchev–Trinajstić information content (AvgIpc) is 3.34. The largest absolute Gasteiger partial charge is 0.493 e. The lowest BCUT2D eigenvalue weighted by Gasteiger charge is -2.31. The summed E-state index contributed by atoms with van der Waals surface area (Å²) in [6.07, 6.45) is 3.27. The first kappa shape index (κ1) is 29.4. The van der Waals surface area contributed by atoms with E-state index in [1.54, 1.807) is 24.3 Å². The van der Waals surface area contributed by atoms with Gasteiger partial charge in [-0.3, -0.25) is 4.79 Å². The van der Waals surface area contributed by atoms with Crippen LogP contribution in [0.3, 0.4) is 0 Å². The van der Waals surface area contributed by atoms with Gasteiger partial charge in [-0.2, -0.15) is 13.2 Å². The van der Waals surface area contributed by atoms with Gasteiger partial charge < -0.3 is 9.72 Å². The van der Waals surface area contributed by atoms with Crippen LogP contribution in [0.4, 0.5) is 13.2 Å². The molecule has 0 amide bonds. The Hall–Kier alpha value is -3.54. The molecule has 40 heavy (non-hydrogen) atoms. The van der Waals surface area contributed by atoms with Gasteiger partial charge in [0.25, 0.3) is 0 Å². The molecule has 0 aliphatic carbocycles. The number of ketones is 1. The molecule has 210 valence electrons. The SMILES string of the molecule is CC[C]C(CC)(CC)c1[nH]c2cc(C(=O)CCOc3ccc(-c4ccc(C(F)(F)F)cc4)cc3)ccc2c1CC. The number of benzene rings is 3. The summed E-state index contributed by atoms with van der Waals surface area (Å²) in [5, 5.41) is 1.16. The van der Waals surface area contributed by atoms with Gasteiger partial charge in [-0.05, 0) is 79.1 Å². The molecule has 0 unspecified atom stereocenters. The fraction of sp³-hybridized carbons (Fsp3) is 0.353. The standard InChI is InChI=1S/C34H36F3NO2/c1-5-20-33(7-3,8-4)32-28(6-2)29-18-13-25(22-30(29)38-32)31(39)19-21-40-27-16-11-24(12-17-27)23-9-14-26(15-10-23)34(35,36)37/h9-18,22,38H,5-8,19,21H2,1-4H3. The van der Waals surface area contributed by atoms with E-state index < -0.39 is 11.7 Å². The Morgan fingerprint density at radius 3 is 2.05 bits per heavy atom. The normalized spacial score (nSPS) is 12.2. The van der Waals surface area contributed by atoms with Gasteiger partial charge in [-0.1, -0.05) is 64.1 Å². The molecule has 0 spiro atoms. The Balaban J connectivity index is 1.41. The smallest absolute Gasteiger partial charge is 0.416 e. The van der Waals surface area contributed by atoms with E-state index >= 15 is 0 Å². The van der Waals surface area contributed by atoms with Gasteiger partial charge in [0.1, 0.15) is 5.75 Å². The molecule has 0 aliphatic rings. The number of carbonyl (C=O) groups is 1. The van der Waals surface area contributed by atoms with Crippen molar-refractivity contribution in [2.45, 2.75) is 71.4 Å². The molecule has 3 aromatic carbocycles. The Morgan fingerprint density at radius 2 is 1.50 bits per heavy atom. The molecular formula is C34H36F3NO2. The summed E-state index contributed by atoms with van der Waals surface area (Å²) in [6.45, 7) is 8.92. The van der Waals surface area contributed by atoms with Gasteiger partial charge in [0.15, 0.2) is 5.78 Å². The quantitative estimate of drug-likeness (QED) is 0.179. The van der Waals surface area contributed by atoms with Crippen molar-refractivity contribution < 1.29 is 22.7 Å². The van der Waals surface area contributed by atoms with Gasteiger partial charge in [-0.15, -0.1) is 0 Å². The average molecular weight is 548 g/mol. The van der Waals surface area contributed by atoms with E-state index in [4.69, 9.17) is 4.74 Å². The first-order valence-electron chi connectivity index (χ1n) is 14.0. The molecule has 4 aromatic rings. The molecule has 1 heterocycles. The van der Waals surface area contributed by atoms with E-state index in [0.717, 1.165) is 54.3 Å². The number of hydrogen-bond donors (Lipinski definition) is 1. The molecule has 1 N–H and O–H groups in total. The molecule has 0 aliphatic heterocycles. The van der Waals surface area contributed by atoms with E-state index in [2.05, 4.69) is 39.1 Å². The summed E-state index contributed by atoms with van der Waals surface area (Å²) >= 11 is 0. The highest BCUT2D eigenvalue weighted by Gasteiger charge is 2.33. The van der Waals surface area contributed by atoms with Crippen LogP contribution in [0.15, 0.2) is 66.7 Å². The number of halogens is 3. The molecule has 1 aromatic heterocycles. The summed E-state index contributed by atoms with van der Waals surface area (Å²) in [5.41, 5.74) is 4.79. The van der Waals surface area contributed by atoms with Crippen LogP contribution >= 0.6 is 0 Å². The number of hydrogen-bond acceptors (Lipinski definition) is 2. The van der Waals surface area contributed by atoms with Crippen molar-refractivity contribution in [1.82, 2.24) is 4.98 Å². The van der Waals surface area contributed by atoms with Crippen LogP contribution in [0.2, 0.25) is 0 Å². The highest BCUT2D eigenvalue weighted by molar-refractivity contribution is 6.00. The number of H-pyrrole nitrogens is 1. The molecule has 0 bridgehead atoms. The van der Waals surface area contributed by atoms with Gasteiger partial charge in [0.05, 0.1) is 12.2 Å². The van der Waals surface area contributed by atoms with Crippen molar-refractivity contribution >= 4 is 16.7 Å². The third-order valence-electron chi connectivity index (χ3n) is 7.78. The van der Waals surface area contributed by atoms with Gasteiger partial charge in [-0.25, -0.2) is 0 Å². The van der Waals surface area contributed by atoms with Crippen molar-refractivity contribution in [1.29, 1.82) is 0 Å². The number of aromatic nitrogens is 1. The minimum Gasteiger partial charge on any atom is -0.493 e. The maximum absolute atomic E-state index is 13.0. The van der Waals surface area contributed by atoms with Crippen LogP contribution in [0, 0.1) is 6.42 Å². The third-order valence-corrected chi connectivity index (χ3v) is 7.78.